The molecule has 1 heterocycles. The van der Waals surface area contributed by atoms with E-state index >= 15 is 0 Å². The average molecular weight is 377 g/mol. The van der Waals surface area contributed by atoms with Crippen molar-refractivity contribution in [1.82, 2.24) is 4.57 Å². The molecule has 0 aliphatic heterocycles. The molecule has 27 heavy (non-hydrogen) atoms. The van der Waals surface area contributed by atoms with Crippen molar-refractivity contribution in [3.8, 4) is 5.69 Å². The van der Waals surface area contributed by atoms with E-state index in [1.165, 1.54) is 42.5 Å². The first-order valence-electron chi connectivity index (χ1n) is 8.13. The molecule has 0 fully saturated rings. The first-order chi connectivity index (χ1) is 12.8. The molecule has 0 bridgehead atoms. The number of carbonyl (C=O) groups excluding carboxylic acids is 1. The van der Waals surface area contributed by atoms with E-state index in [1.807, 2.05) is 0 Å². The molecule has 0 radical (unpaired) electrons. The van der Waals surface area contributed by atoms with Crippen LogP contribution in [0, 0.1) is 5.82 Å². The topological polar surface area (TPSA) is 31.2 Å². The minimum absolute atomic E-state index is 0.219. The van der Waals surface area contributed by atoms with E-state index in [4.69, 9.17) is 4.74 Å². The first-order valence-corrected chi connectivity index (χ1v) is 8.13. The fourth-order valence-electron chi connectivity index (χ4n) is 2.76. The minimum atomic E-state index is -4.44. The smallest absolute Gasteiger partial charge is 0.416 e. The first kappa shape index (κ1) is 18.7. The molecule has 0 aliphatic carbocycles. The van der Waals surface area contributed by atoms with Gasteiger partial charge in [-0.1, -0.05) is 0 Å². The van der Waals surface area contributed by atoms with Gasteiger partial charge in [0.2, 0.25) is 0 Å². The maximum absolute atomic E-state index is 13.6. The van der Waals surface area contributed by atoms with Gasteiger partial charge in [0.15, 0.2) is 0 Å². The fraction of sp³-hybridized carbons (Fsp3) is 0.150. The number of hydrogen-bond acceptors (Lipinski definition) is 2. The Morgan fingerprint density at radius 3 is 2.44 bits per heavy atom. The number of halogens is 4. The monoisotopic (exact) mass is 377 g/mol. The number of fused-ring (bicyclic) bond motifs is 1. The second-order valence-corrected chi connectivity index (χ2v) is 5.74. The molecule has 1 aromatic heterocycles. The summed E-state index contributed by atoms with van der Waals surface area (Å²) in [6.45, 7) is 1.89. The summed E-state index contributed by atoms with van der Waals surface area (Å²) in [5.41, 5.74) is 0.786. The minimum Gasteiger partial charge on any atom is -0.463 e. The van der Waals surface area contributed by atoms with E-state index in [1.54, 1.807) is 17.6 Å². The van der Waals surface area contributed by atoms with Gasteiger partial charge in [-0.25, -0.2) is 9.18 Å². The van der Waals surface area contributed by atoms with Gasteiger partial charge in [-0.05, 0) is 61.5 Å². The van der Waals surface area contributed by atoms with Crippen LogP contribution in [-0.4, -0.2) is 17.1 Å². The van der Waals surface area contributed by atoms with Gasteiger partial charge in [0.1, 0.15) is 5.82 Å². The summed E-state index contributed by atoms with van der Waals surface area (Å²) in [6, 6.07) is 10.4. The van der Waals surface area contributed by atoms with Crippen LogP contribution in [-0.2, 0) is 15.7 Å². The average Bonchev–Trinajstić information content (AvgIpc) is 2.97. The lowest BCUT2D eigenvalue weighted by atomic mass is 10.2. The summed E-state index contributed by atoms with van der Waals surface area (Å²) in [4.78, 5) is 11.6. The predicted molar refractivity (Wildman–Crippen MR) is 93.9 cm³/mol. The summed E-state index contributed by atoms with van der Waals surface area (Å²) >= 11 is 0. The Kier molecular flexibility index (Phi) is 5.03. The van der Waals surface area contributed by atoms with Crippen LogP contribution in [0.4, 0.5) is 17.6 Å². The normalized spacial score (nSPS) is 12.0. The number of rotatable bonds is 4. The van der Waals surface area contributed by atoms with Crippen LogP contribution in [0.15, 0.2) is 54.6 Å². The van der Waals surface area contributed by atoms with Crippen molar-refractivity contribution in [2.75, 3.05) is 6.61 Å². The molecule has 3 nitrogen and oxygen atoms in total. The number of alkyl halides is 3. The zero-order valence-electron chi connectivity index (χ0n) is 14.3. The molecule has 140 valence electrons. The highest BCUT2D eigenvalue weighted by molar-refractivity contribution is 5.90. The van der Waals surface area contributed by atoms with E-state index in [9.17, 15) is 22.4 Å². The molecule has 3 aromatic rings. The Balaban J connectivity index is 2.12. The lowest BCUT2D eigenvalue weighted by Gasteiger charge is -2.11. The van der Waals surface area contributed by atoms with E-state index in [0.717, 1.165) is 12.1 Å². The van der Waals surface area contributed by atoms with Gasteiger partial charge in [-0.2, -0.15) is 13.2 Å². The Bertz CT molecular complexity index is 1000. The number of benzene rings is 2. The van der Waals surface area contributed by atoms with E-state index < -0.39 is 23.5 Å². The third kappa shape index (κ3) is 4.02. The highest BCUT2D eigenvalue weighted by Gasteiger charge is 2.30. The van der Waals surface area contributed by atoms with Gasteiger partial charge in [0.05, 0.1) is 17.7 Å². The molecular weight excluding hydrogens is 362 g/mol. The van der Waals surface area contributed by atoms with Gasteiger partial charge < -0.3 is 9.30 Å². The second-order valence-electron chi connectivity index (χ2n) is 5.74. The van der Waals surface area contributed by atoms with Crippen molar-refractivity contribution < 1.29 is 27.1 Å². The molecule has 0 N–H and O–H groups in total. The molecule has 0 unspecified atom stereocenters. The SMILES string of the molecule is CCOC(=O)/C=C/c1cc2cc(F)ccc2n1-c1ccc(C(F)(F)F)cc1. The Hall–Kier alpha value is -3.09. The number of esters is 1. The van der Waals surface area contributed by atoms with Crippen molar-refractivity contribution >= 4 is 22.9 Å². The quantitative estimate of drug-likeness (QED) is 0.348. The summed E-state index contributed by atoms with van der Waals surface area (Å²) in [5, 5.41) is 0.554. The standard InChI is InChI=1S/C20H15F4NO2/c1-2-27-19(26)10-8-17-12-13-11-15(21)5-9-18(13)25(17)16-6-3-14(4-7-16)20(22,23)24/h3-12H,2H2,1H3/b10-8+. The number of aromatic nitrogens is 1. The summed E-state index contributed by atoms with van der Waals surface area (Å²) in [5.74, 6) is -0.985. The van der Waals surface area contributed by atoms with Crippen molar-refractivity contribution in [3.05, 3.63) is 71.7 Å². The largest absolute Gasteiger partial charge is 0.463 e. The molecule has 0 saturated carbocycles. The third-order valence-corrected chi connectivity index (χ3v) is 3.92. The Morgan fingerprint density at radius 1 is 1.11 bits per heavy atom. The lowest BCUT2D eigenvalue weighted by molar-refractivity contribution is -0.138. The molecule has 0 amide bonds. The van der Waals surface area contributed by atoms with Crippen LogP contribution in [0.1, 0.15) is 18.2 Å². The molecule has 0 atom stereocenters. The van der Waals surface area contributed by atoms with Crippen molar-refractivity contribution in [1.29, 1.82) is 0 Å². The molecule has 0 saturated heterocycles. The van der Waals surface area contributed by atoms with Gasteiger partial charge in [0, 0.05) is 22.8 Å². The summed E-state index contributed by atoms with van der Waals surface area (Å²) in [6.07, 6.45) is -1.74. The molecule has 0 aliphatic rings. The van der Waals surface area contributed by atoms with Crippen LogP contribution in [0.5, 0.6) is 0 Å². The number of hydrogen-bond donors (Lipinski definition) is 0. The molecule has 7 heteroatoms. The van der Waals surface area contributed by atoms with Crippen LogP contribution in [0.2, 0.25) is 0 Å². The van der Waals surface area contributed by atoms with Crippen LogP contribution in [0.3, 0.4) is 0 Å². The fourth-order valence-corrected chi connectivity index (χ4v) is 2.76. The zero-order valence-corrected chi connectivity index (χ0v) is 14.3. The van der Waals surface area contributed by atoms with Gasteiger partial charge >= 0.3 is 12.1 Å². The zero-order chi connectivity index (χ0) is 19.6. The lowest BCUT2D eigenvalue weighted by Crippen LogP contribution is -2.05. The second kappa shape index (κ2) is 7.26. The maximum atomic E-state index is 13.6. The van der Waals surface area contributed by atoms with Crippen LogP contribution >= 0.6 is 0 Å². The third-order valence-electron chi connectivity index (χ3n) is 3.92. The van der Waals surface area contributed by atoms with Gasteiger partial charge in [0.25, 0.3) is 0 Å². The van der Waals surface area contributed by atoms with Gasteiger partial charge in [-0.15, -0.1) is 0 Å². The maximum Gasteiger partial charge on any atom is 0.416 e. The number of nitrogens with zero attached hydrogens (tertiary/aromatic N) is 1. The van der Waals surface area contributed by atoms with Gasteiger partial charge in [-0.3, -0.25) is 0 Å². The van der Waals surface area contributed by atoms with Crippen LogP contribution < -0.4 is 0 Å². The van der Waals surface area contributed by atoms with Crippen LogP contribution in [0.25, 0.3) is 22.7 Å². The number of ether oxygens (including phenoxy) is 1. The molecule has 2 aromatic carbocycles. The van der Waals surface area contributed by atoms with Crippen molar-refractivity contribution in [3.63, 3.8) is 0 Å². The number of carbonyl (C=O) groups is 1. The molecular formula is C20H15F4NO2. The molecule has 3 rings (SSSR count). The highest BCUT2D eigenvalue weighted by Crippen LogP contribution is 2.31. The van der Waals surface area contributed by atoms with E-state index in [2.05, 4.69) is 0 Å². The van der Waals surface area contributed by atoms with E-state index in [-0.39, 0.29) is 6.61 Å². The Labute approximate surface area is 152 Å². The van der Waals surface area contributed by atoms with Crippen molar-refractivity contribution in [2.45, 2.75) is 13.1 Å². The summed E-state index contributed by atoms with van der Waals surface area (Å²) < 4.78 is 58.5. The highest BCUT2D eigenvalue weighted by atomic mass is 19.4. The summed E-state index contributed by atoms with van der Waals surface area (Å²) in [7, 11) is 0. The Morgan fingerprint density at radius 2 is 1.81 bits per heavy atom. The molecule has 0 spiro atoms. The van der Waals surface area contributed by atoms with E-state index in [0.29, 0.717) is 22.3 Å². The predicted octanol–water partition coefficient (Wildman–Crippen LogP) is 5.36. The van der Waals surface area contributed by atoms with Crippen molar-refractivity contribution in [2.24, 2.45) is 0 Å².